The van der Waals surface area contributed by atoms with Crippen LogP contribution in [0.5, 0.6) is 0 Å². The standard InChI is InChI=1S/C13H17BrN2O/c1-10(7-14)8-16-12-6-4-3-5-11(12)9-15(2)13(16)17/h3-6,10H,7-9H2,1-2H3. The summed E-state index contributed by atoms with van der Waals surface area (Å²) in [6, 6.07) is 8.22. The van der Waals surface area contributed by atoms with Gasteiger partial charge in [-0.05, 0) is 17.5 Å². The van der Waals surface area contributed by atoms with Gasteiger partial charge in [0.25, 0.3) is 0 Å². The van der Waals surface area contributed by atoms with Gasteiger partial charge in [0.2, 0.25) is 0 Å². The molecule has 1 aliphatic heterocycles. The Morgan fingerprint density at radius 3 is 2.82 bits per heavy atom. The van der Waals surface area contributed by atoms with E-state index in [1.807, 2.05) is 30.1 Å². The van der Waals surface area contributed by atoms with Gasteiger partial charge in [0.1, 0.15) is 0 Å². The lowest BCUT2D eigenvalue weighted by Gasteiger charge is -2.36. The summed E-state index contributed by atoms with van der Waals surface area (Å²) in [7, 11) is 1.85. The van der Waals surface area contributed by atoms with Gasteiger partial charge in [-0.3, -0.25) is 4.90 Å². The van der Waals surface area contributed by atoms with Crippen LogP contribution in [0.15, 0.2) is 24.3 Å². The molecule has 0 radical (unpaired) electrons. The molecular weight excluding hydrogens is 280 g/mol. The lowest BCUT2D eigenvalue weighted by atomic mass is 10.1. The van der Waals surface area contributed by atoms with Crippen molar-refractivity contribution in [1.82, 2.24) is 4.90 Å². The number of nitrogens with zero attached hydrogens (tertiary/aromatic N) is 2. The second kappa shape index (κ2) is 5.08. The van der Waals surface area contributed by atoms with Crippen LogP contribution in [0.25, 0.3) is 0 Å². The average molecular weight is 297 g/mol. The smallest absolute Gasteiger partial charge is 0.323 e. The molecule has 0 fully saturated rings. The van der Waals surface area contributed by atoms with E-state index in [1.165, 1.54) is 5.56 Å². The molecule has 92 valence electrons. The zero-order valence-corrected chi connectivity index (χ0v) is 11.8. The topological polar surface area (TPSA) is 23.6 Å². The van der Waals surface area contributed by atoms with Crippen molar-refractivity contribution in [1.29, 1.82) is 0 Å². The van der Waals surface area contributed by atoms with Gasteiger partial charge in [-0.25, -0.2) is 4.79 Å². The largest absolute Gasteiger partial charge is 0.324 e. The summed E-state index contributed by atoms with van der Waals surface area (Å²) in [6.45, 7) is 3.60. The molecule has 2 amide bonds. The zero-order chi connectivity index (χ0) is 12.4. The number of halogens is 1. The minimum Gasteiger partial charge on any atom is -0.323 e. The minimum atomic E-state index is 0.0940. The second-order valence-electron chi connectivity index (χ2n) is 4.64. The van der Waals surface area contributed by atoms with Crippen LogP contribution in [0.3, 0.4) is 0 Å². The zero-order valence-electron chi connectivity index (χ0n) is 10.2. The van der Waals surface area contributed by atoms with Crippen LogP contribution in [-0.2, 0) is 6.54 Å². The Labute approximate surface area is 111 Å². The van der Waals surface area contributed by atoms with Gasteiger partial charge in [0.15, 0.2) is 0 Å². The maximum absolute atomic E-state index is 12.2. The highest BCUT2D eigenvalue weighted by Crippen LogP contribution is 2.28. The summed E-state index contributed by atoms with van der Waals surface area (Å²) in [4.78, 5) is 15.8. The predicted molar refractivity (Wildman–Crippen MR) is 73.6 cm³/mol. The predicted octanol–water partition coefficient (Wildman–Crippen LogP) is 3.09. The number of para-hydroxylation sites is 1. The van der Waals surface area contributed by atoms with E-state index in [-0.39, 0.29) is 6.03 Å². The Hall–Kier alpha value is -1.03. The van der Waals surface area contributed by atoms with Gasteiger partial charge < -0.3 is 4.90 Å². The van der Waals surface area contributed by atoms with Gasteiger partial charge in [0, 0.05) is 25.5 Å². The van der Waals surface area contributed by atoms with E-state index >= 15 is 0 Å². The molecule has 0 saturated heterocycles. The van der Waals surface area contributed by atoms with Crippen LogP contribution < -0.4 is 4.90 Å². The number of hydrogen-bond acceptors (Lipinski definition) is 1. The first kappa shape index (κ1) is 12.4. The highest BCUT2D eigenvalue weighted by molar-refractivity contribution is 9.09. The number of rotatable bonds is 3. The minimum absolute atomic E-state index is 0.0940. The van der Waals surface area contributed by atoms with Crippen molar-refractivity contribution in [3.63, 3.8) is 0 Å². The molecular formula is C13H17BrN2O. The van der Waals surface area contributed by atoms with E-state index in [4.69, 9.17) is 0 Å². The third-order valence-corrected chi connectivity index (χ3v) is 4.11. The van der Waals surface area contributed by atoms with Crippen molar-refractivity contribution >= 4 is 27.6 Å². The lowest BCUT2D eigenvalue weighted by Crippen LogP contribution is -2.47. The van der Waals surface area contributed by atoms with Crippen LogP contribution in [0.4, 0.5) is 10.5 Å². The quantitative estimate of drug-likeness (QED) is 0.786. The van der Waals surface area contributed by atoms with Gasteiger partial charge >= 0.3 is 6.03 Å². The molecule has 1 unspecified atom stereocenters. The van der Waals surface area contributed by atoms with Crippen molar-refractivity contribution < 1.29 is 4.79 Å². The van der Waals surface area contributed by atoms with E-state index in [2.05, 4.69) is 28.9 Å². The first-order valence-corrected chi connectivity index (χ1v) is 6.92. The molecule has 1 heterocycles. The summed E-state index contributed by atoms with van der Waals surface area (Å²) in [5.41, 5.74) is 2.28. The molecule has 1 aliphatic rings. The molecule has 0 bridgehead atoms. The molecule has 2 rings (SSSR count). The summed E-state index contributed by atoms with van der Waals surface area (Å²) in [6.07, 6.45) is 0. The van der Waals surface area contributed by atoms with Crippen molar-refractivity contribution in [3.05, 3.63) is 29.8 Å². The van der Waals surface area contributed by atoms with E-state index in [0.717, 1.165) is 17.6 Å². The average Bonchev–Trinajstić information content (AvgIpc) is 2.34. The van der Waals surface area contributed by atoms with Crippen molar-refractivity contribution in [2.24, 2.45) is 5.92 Å². The second-order valence-corrected chi connectivity index (χ2v) is 5.28. The first-order valence-electron chi connectivity index (χ1n) is 5.80. The van der Waals surface area contributed by atoms with Gasteiger partial charge in [0.05, 0.1) is 5.69 Å². The number of alkyl halides is 1. The van der Waals surface area contributed by atoms with E-state index in [9.17, 15) is 4.79 Å². The Morgan fingerprint density at radius 1 is 1.41 bits per heavy atom. The lowest BCUT2D eigenvalue weighted by molar-refractivity contribution is 0.209. The number of carbonyl (C=O) groups is 1. The van der Waals surface area contributed by atoms with Crippen molar-refractivity contribution in [2.45, 2.75) is 13.5 Å². The Balaban J connectivity index is 2.32. The van der Waals surface area contributed by atoms with Crippen LogP contribution in [0, 0.1) is 5.92 Å². The van der Waals surface area contributed by atoms with Crippen LogP contribution in [-0.4, -0.2) is 29.9 Å². The van der Waals surface area contributed by atoms with E-state index < -0.39 is 0 Å². The summed E-state index contributed by atoms with van der Waals surface area (Å²) >= 11 is 3.47. The maximum Gasteiger partial charge on any atom is 0.324 e. The van der Waals surface area contributed by atoms with Crippen molar-refractivity contribution in [2.75, 3.05) is 23.8 Å². The summed E-state index contributed by atoms with van der Waals surface area (Å²) in [5.74, 6) is 0.443. The maximum atomic E-state index is 12.2. The first-order chi connectivity index (χ1) is 8.13. The number of fused-ring (bicyclic) bond motifs is 1. The molecule has 1 aromatic carbocycles. The molecule has 0 aromatic heterocycles. The molecule has 0 spiro atoms. The van der Waals surface area contributed by atoms with Crippen LogP contribution in [0.1, 0.15) is 12.5 Å². The van der Waals surface area contributed by atoms with Gasteiger partial charge in [-0.1, -0.05) is 41.1 Å². The third kappa shape index (κ3) is 2.46. The van der Waals surface area contributed by atoms with Crippen LogP contribution >= 0.6 is 15.9 Å². The number of amides is 2. The number of carbonyl (C=O) groups excluding carboxylic acids is 1. The van der Waals surface area contributed by atoms with Crippen molar-refractivity contribution in [3.8, 4) is 0 Å². The van der Waals surface area contributed by atoms with E-state index in [1.54, 1.807) is 4.90 Å². The molecule has 17 heavy (non-hydrogen) atoms. The van der Waals surface area contributed by atoms with Gasteiger partial charge in [-0.15, -0.1) is 0 Å². The Morgan fingerprint density at radius 2 is 2.12 bits per heavy atom. The SMILES string of the molecule is CC(CBr)CN1C(=O)N(C)Cc2ccccc21. The number of hydrogen-bond donors (Lipinski definition) is 0. The van der Waals surface area contributed by atoms with Gasteiger partial charge in [-0.2, -0.15) is 0 Å². The number of benzene rings is 1. The normalized spacial score (nSPS) is 17.0. The molecule has 4 heteroatoms. The fraction of sp³-hybridized carbons (Fsp3) is 0.462. The molecule has 3 nitrogen and oxygen atoms in total. The summed E-state index contributed by atoms with van der Waals surface area (Å²) < 4.78 is 0. The number of anilines is 1. The molecule has 0 aliphatic carbocycles. The fourth-order valence-electron chi connectivity index (χ4n) is 2.08. The monoisotopic (exact) mass is 296 g/mol. The van der Waals surface area contributed by atoms with Crippen LogP contribution in [0.2, 0.25) is 0 Å². The highest BCUT2D eigenvalue weighted by Gasteiger charge is 2.28. The highest BCUT2D eigenvalue weighted by atomic mass is 79.9. The molecule has 0 N–H and O–H groups in total. The third-order valence-electron chi connectivity index (χ3n) is 3.01. The Kier molecular flexibility index (Phi) is 3.72. The molecule has 0 saturated carbocycles. The van der Waals surface area contributed by atoms with E-state index in [0.29, 0.717) is 12.5 Å². The summed E-state index contributed by atoms with van der Waals surface area (Å²) in [5, 5.41) is 0.905. The fourth-order valence-corrected chi connectivity index (χ4v) is 2.28. The number of urea groups is 1. The molecule has 1 aromatic rings. The Bertz CT molecular complexity index is 422. The molecule has 1 atom stereocenters.